The van der Waals surface area contributed by atoms with Crippen LogP contribution in [0.4, 0.5) is 0 Å². The minimum absolute atomic E-state index is 0.576. The van der Waals surface area contributed by atoms with Gasteiger partial charge in [-0.1, -0.05) is 36.8 Å². The van der Waals surface area contributed by atoms with E-state index in [0.717, 1.165) is 17.9 Å². The Labute approximate surface area is 116 Å². The van der Waals surface area contributed by atoms with Crippen LogP contribution in [0, 0.1) is 17.3 Å². The molecule has 1 aromatic rings. The third kappa shape index (κ3) is 2.33. The van der Waals surface area contributed by atoms with Gasteiger partial charge in [-0.25, -0.2) is 0 Å². The van der Waals surface area contributed by atoms with Crippen LogP contribution in [0.15, 0.2) is 30.3 Å². The Morgan fingerprint density at radius 3 is 2.53 bits per heavy atom. The average Bonchev–Trinajstić information content (AvgIpc) is 3.07. The third-order valence-electron chi connectivity index (χ3n) is 5.82. The molecule has 1 N–H and O–H groups in total. The lowest BCUT2D eigenvalue weighted by Gasteiger charge is -2.38. The third-order valence-corrected chi connectivity index (χ3v) is 5.82. The largest absolute Gasteiger partial charge is 0.313 e. The smallest absolute Gasteiger partial charge is 0.00684 e. The molecule has 19 heavy (non-hydrogen) atoms. The van der Waals surface area contributed by atoms with Gasteiger partial charge in [-0.05, 0) is 61.3 Å². The summed E-state index contributed by atoms with van der Waals surface area (Å²) in [6.07, 6.45) is 10.1. The molecule has 3 aliphatic carbocycles. The second-order valence-electron chi connectivity index (χ2n) is 7.26. The number of fused-ring (bicyclic) bond motifs is 2. The van der Waals surface area contributed by atoms with Crippen LogP contribution >= 0.6 is 0 Å². The lowest BCUT2D eigenvalue weighted by atomic mass is 9.69. The molecule has 0 spiro atoms. The highest BCUT2D eigenvalue weighted by Gasteiger charge is 2.50. The van der Waals surface area contributed by atoms with Crippen LogP contribution in [-0.4, -0.2) is 12.6 Å². The molecule has 0 aliphatic heterocycles. The fourth-order valence-corrected chi connectivity index (χ4v) is 4.69. The second-order valence-corrected chi connectivity index (χ2v) is 7.26. The van der Waals surface area contributed by atoms with Crippen molar-refractivity contribution in [2.75, 3.05) is 6.54 Å². The predicted octanol–water partition coefficient (Wildman–Crippen LogP) is 3.79. The van der Waals surface area contributed by atoms with Crippen molar-refractivity contribution in [3.63, 3.8) is 0 Å². The first-order valence-corrected chi connectivity index (χ1v) is 8.11. The predicted molar refractivity (Wildman–Crippen MR) is 79.1 cm³/mol. The quantitative estimate of drug-likeness (QED) is 0.844. The van der Waals surface area contributed by atoms with Gasteiger partial charge >= 0.3 is 0 Å². The van der Waals surface area contributed by atoms with E-state index in [-0.39, 0.29) is 0 Å². The number of hydrogen-bond acceptors (Lipinski definition) is 1. The standard InChI is InChI=1S/C18H25N/c1-2-4-14(5-3-1)11-18(13-19-17-8-9-17)12-15-6-7-16(18)10-15/h1-5,15-17,19H,6-13H2/t15-,16-,18+/m0/s1. The van der Waals surface area contributed by atoms with Crippen LogP contribution < -0.4 is 5.32 Å². The van der Waals surface area contributed by atoms with Gasteiger partial charge in [-0.15, -0.1) is 0 Å². The molecule has 4 rings (SSSR count). The Hall–Kier alpha value is -0.820. The molecule has 102 valence electrons. The molecule has 1 aromatic carbocycles. The molecule has 1 heteroatoms. The zero-order valence-electron chi connectivity index (χ0n) is 11.8. The summed E-state index contributed by atoms with van der Waals surface area (Å²) in [5, 5.41) is 3.84. The van der Waals surface area contributed by atoms with Crippen LogP contribution in [0.25, 0.3) is 0 Å². The molecule has 3 saturated carbocycles. The van der Waals surface area contributed by atoms with E-state index in [1.807, 2.05) is 0 Å². The van der Waals surface area contributed by atoms with Gasteiger partial charge in [0.1, 0.15) is 0 Å². The van der Waals surface area contributed by atoms with Crippen molar-refractivity contribution in [3.05, 3.63) is 35.9 Å². The molecular formula is C18H25N. The molecule has 0 amide bonds. The highest BCUT2D eigenvalue weighted by molar-refractivity contribution is 5.19. The van der Waals surface area contributed by atoms with Crippen molar-refractivity contribution < 1.29 is 0 Å². The first-order valence-electron chi connectivity index (χ1n) is 8.11. The number of hydrogen-bond donors (Lipinski definition) is 1. The van der Waals surface area contributed by atoms with E-state index in [4.69, 9.17) is 0 Å². The van der Waals surface area contributed by atoms with Gasteiger partial charge in [0, 0.05) is 12.6 Å². The SMILES string of the molecule is c1ccc(C[C@]2(CNC3CC3)C[C@H]3CC[C@H]2C3)cc1. The maximum atomic E-state index is 3.84. The van der Waals surface area contributed by atoms with Crippen LogP contribution in [-0.2, 0) is 6.42 Å². The molecule has 1 nitrogen and oxygen atoms in total. The van der Waals surface area contributed by atoms with Gasteiger partial charge < -0.3 is 5.32 Å². The summed E-state index contributed by atoms with van der Waals surface area (Å²) in [5.41, 5.74) is 2.12. The first kappa shape index (κ1) is 12.0. The van der Waals surface area contributed by atoms with Gasteiger partial charge in [0.25, 0.3) is 0 Å². The summed E-state index contributed by atoms with van der Waals surface area (Å²) in [6.45, 7) is 1.27. The lowest BCUT2D eigenvalue weighted by Crippen LogP contribution is -2.41. The lowest BCUT2D eigenvalue weighted by molar-refractivity contribution is 0.155. The van der Waals surface area contributed by atoms with Crippen molar-refractivity contribution in [2.24, 2.45) is 17.3 Å². The summed E-state index contributed by atoms with van der Waals surface area (Å²) in [4.78, 5) is 0. The minimum Gasteiger partial charge on any atom is -0.313 e. The summed E-state index contributed by atoms with van der Waals surface area (Å²) < 4.78 is 0. The fourth-order valence-electron chi connectivity index (χ4n) is 4.69. The van der Waals surface area contributed by atoms with Gasteiger partial charge in [-0.3, -0.25) is 0 Å². The van der Waals surface area contributed by atoms with Gasteiger partial charge in [0.05, 0.1) is 0 Å². The maximum Gasteiger partial charge on any atom is 0.00684 e. The number of nitrogens with one attached hydrogen (secondary N) is 1. The number of benzene rings is 1. The summed E-state index contributed by atoms with van der Waals surface area (Å²) in [7, 11) is 0. The Morgan fingerprint density at radius 1 is 1.05 bits per heavy atom. The summed E-state index contributed by atoms with van der Waals surface area (Å²) >= 11 is 0. The minimum atomic E-state index is 0.576. The monoisotopic (exact) mass is 255 g/mol. The van der Waals surface area contributed by atoms with Gasteiger partial charge in [-0.2, -0.15) is 0 Å². The molecule has 0 radical (unpaired) electrons. The molecule has 3 aliphatic rings. The topological polar surface area (TPSA) is 12.0 Å². The molecule has 0 saturated heterocycles. The first-order chi connectivity index (χ1) is 9.34. The van der Waals surface area contributed by atoms with E-state index in [2.05, 4.69) is 35.6 Å². The van der Waals surface area contributed by atoms with Gasteiger partial charge in [0.15, 0.2) is 0 Å². The van der Waals surface area contributed by atoms with E-state index >= 15 is 0 Å². The Morgan fingerprint density at radius 2 is 1.89 bits per heavy atom. The zero-order valence-corrected chi connectivity index (χ0v) is 11.8. The zero-order chi connectivity index (χ0) is 12.7. The number of rotatable bonds is 5. The fraction of sp³-hybridized carbons (Fsp3) is 0.667. The van der Waals surface area contributed by atoms with E-state index in [1.54, 1.807) is 5.56 Å². The Kier molecular flexibility index (Phi) is 2.91. The van der Waals surface area contributed by atoms with E-state index < -0.39 is 0 Å². The highest BCUT2D eigenvalue weighted by atomic mass is 15.0. The van der Waals surface area contributed by atoms with Crippen LogP contribution in [0.2, 0.25) is 0 Å². The van der Waals surface area contributed by atoms with Crippen LogP contribution in [0.1, 0.15) is 44.1 Å². The summed E-state index contributed by atoms with van der Waals surface area (Å²) in [6, 6.07) is 12.0. The van der Waals surface area contributed by atoms with Crippen LogP contribution in [0.5, 0.6) is 0 Å². The molecule has 3 atom stereocenters. The van der Waals surface area contributed by atoms with Crippen LogP contribution in [0.3, 0.4) is 0 Å². The van der Waals surface area contributed by atoms with Gasteiger partial charge in [0.2, 0.25) is 0 Å². The van der Waals surface area contributed by atoms with E-state index in [0.29, 0.717) is 5.41 Å². The van der Waals surface area contributed by atoms with Crippen molar-refractivity contribution >= 4 is 0 Å². The highest BCUT2D eigenvalue weighted by Crippen LogP contribution is 2.57. The van der Waals surface area contributed by atoms with Crippen molar-refractivity contribution in [1.82, 2.24) is 5.32 Å². The molecule has 0 unspecified atom stereocenters. The van der Waals surface area contributed by atoms with Crippen molar-refractivity contribution in [2.45, 2.75) is 51.0 Å². The molecule has 3 fully saturated rings. The Balaban J connectivity index is 1.53. The second kappa shape index (κ2) is 4.63. The molecular weight excluding hydrogens is 230 g/mol. The molecule has 0 aromatic heterocycles. The van der Waals surface area contributed by atoms with E-state index in [1.165, 1.54) is 51.5 Å². The van der Waals surface area contributed by atoms with Crippen molar-refractivity contribution in [1.29, 1.82) is 0 Å². The molecule has 0 heterocycles. The maximum absolute atomic E-state index is 3.84. The molecule has 2 bridgehead atoms. The van der Waals surface area contributed by atoms with Crippen molar-refractivity contribution in [3.8, 4) is 0 Å². The Bertz CT molecular complexity index is 436. The normalized spacial score (nSPS) is 36.8. The van der Waals surface area contributed by atoms with E-state index in [9.17, 15) is 0 Å². The average molecular weight is 255 g/mol. The summed E-state index contributed by atoms with van der Waals surface area (Å²) in [5.74, 6) is 2.03.